The summed E-state index contributed by atoms with van der Waals surface area (Å²) in [5, 5.41) is 12.0. The Kier molecular flexibility index (Phi) is 11.2. The Morgan fingerprint density at radius 3 is 2.21 bits per heavy atom. The topological polar surface area (TPSA) is 139 Å². The molecule has 1 amide bonds. The van der Waals surface area contributed by atoms with Gasteiger partial charge in [0.2, 0.25) is 15.9 Å². The van der Waals surface area contributed by atoms with E-state index in [4.69, 9.17) is 9.47 Å². The summed E-state index contributed by atoms with van der Waals surface area (Å²) in [7, 11) is -2.66. The molecule has 11 heteroatoms. The third-order valence-corrected chi connectivity index (χ3v) is 7.85. The highest BCUT2D eigenvalue weighted by Crippen LogP contribution is 2.15. The van der Waals surface area contributed by atoms with Gasteiger partial charge in [-0.15, -0.1) is 0 Å². The van der Waals surface area contributed by atoms with Crippen molar-refractivity contribution in [1.82, 2.24) is 9.62 Å². The van der Waals surface area contributed by atoms with E-state index in [9.17, 15) is 27.9 Å². The summed E-state index contributed by atoms with van der Waals surface area (Å²) in [6.07, 6.45) is -0.00584. The number of benzene rings is 3. The number of aryl methyl sites for hydroxylation is 1. The maximum Gasteiger partial charge on any atom is 0.338 e. The monoisotopic (exact) mass is 592 g/mol. The number of carbonyl (C=O) groups is 3. The molecular formula is C31H32N2O8S. The zero-order valence-corrected chi connectivity index (χ0v) is 24.3. The summed E-state index contributed by atoms with van der Waals surface area (Å²) in [6.45, 7) is 3.44. The number of carboxylic acid groups (broad SMARTS) is 1. The number of nitrogens with one attached hydrogen (secondary N) is 1. The zero-order valence-electron chi connectivity index (χ0n) is 23.5. The van der Waals surface area contributed by atoms with E-state index in [2.05, 4.69) is 17.2 Å². The lowest BCUT2D eigenvalue weighted by Gasteiger charge is -2.19. The molecule has 10 nitrogen and oxygen atoms in total. The van der Waals surface area contributed by atoms with Crippen molar-refractivity contribution in [2.45, 2.75) is 31.2 Å². The second-order valence-corrected chi connectivity index (χ2v) is 11.3. The van der Waals surface area contributed by atoms with Gasteiger partial charge in [-0.3, -0.25) is 4.79 Å². The normalized spacial score (nSPS) is 11.6. The van der Waals surface area contributed by atoms with Gasteiger partial charge in [-0.2, -0.15) is 4.31 Å². The number of carbonyl (C=O) groups excluding carboxylic acids is 2. The van der Waals surface area contributed by atoms with E-state index in [0.717, 1.165) is 9.87 Å². The van der Waals surface area contributed by atoms with E-state index >= 15 is 0 Å². The fraction of sp³-hybridized carbons (Fsp3) is 0.258. The van der Waals surface area contributed by atoms with Crippen molar-refractivity contribution in [1.29, 1.82) is 0 Å². The second kappa shape index (κ2) is 14.8. The molecule has 0 aliphatic heterocycles. The molecule has 0 aliphatic rings. The Labute approximate surface area is 245 Å². The fourth-order valence-corrected chi connectivity index (χ4v) is 4.86. The van der Waals surface area contributed by atoms with Crippen LogP contribution in [0.3, 0.4) is 0 Å². The van der Waals surface area contributed by atoms with E-state index < -0.39 is 40.5 Å². The van der Waals surface area contributed by atoms with Crippen LogP contribution in [0.15, 0.2) is 77.7 Å². The standard InChI is InChI=1S/C31H32N2O8S/c1-4-40-31(37)25-13-15-26(16-14-25)41-19-5-6-23-9-11-24(12-10-23)20-28(30(35)36)32-29(34)21-33(3)42(38,39)27-17-7-22(2)8-18-27/h7-18,28H,4,19-21H2,1-3H3,(H,32,34)(H,35,36)/t28-/m0/s1. The highest BCUT2D eigenvalue weighted by Gasteiger charge is 2.26. The molecule has 2 N–H and O–H groups in total. The molecule has 3 aromatic rings. The molecule has 0 saturated heterocycles. The van der Waals surface area contributed by atoms with Gasteiger partial charge in [0.15, 0.2) is 0 Å². The summed E-state index contributed by atoms with van der Waals surface area (Å²) in [5.41, 5.74) is 2.65. The largest absolute Gasteiger partial charge is 0.481 e. The Morgan fingerprint density at radius 2 is 1.62 bits per heavy atom. The highest BCUT2D eigenvalue weighted by atomic mass is 32.2. The first-order valence-corrected chi connectivity index (χ1v) is 14.5. The summed E-state index contributed by atoms with van der Waals surface area (Å²) >= 11 is 0. The molecule has 0 aromatic heterocycles. The number of hydrogen-bond acceptors (Lipinski definition) is 7. The van der Waals surface area contributed by atoms with Gasteiger partial charge in [-0.1, -0.05) is 41.7 Å². The first-order chi connectivity index (χ1) is 20.0. The number of likely N-dealkylation sites (N-methyl/N-ethyl adjacent to an activating group) is 1. The minimum absolute atomic E-state index is 0.00584. The molecular weight excluding hydrogens is 560 g/mol. The smallest absolute Gasteiger partial charge is 0.338 e. The third kappa shape index (κ3) is 9.19. The van der Waals surface area contributed by atoms with Crippen LogP contribution in [0.1, 0.15) is 34.0 Å². The first kappa shape index (κ1) is 31.9. The maximum absolute atomic E-state index is 12.7. The van der Waals surface area contributed by atoms with E-state index in [-0.39, 0.29) is 17.9 Å². The van der Waals surface area contributed by atoms with E-state index in [1.165, 1.54) is 19.2 Å². The minimum atomic E-state index is -3.92. The quantitative estimate of drug-likeness (QED) is 0.242. The van der Waals surface area contributed by atoms with Crippen molar-refractivity contribution in [3.63, 3.8) is 0 Å². The van der Waals surface area contributed by atoms with Crippen molar-refractivity contribution in [3.8, 4) is 17.6 Å². The molecule has 0 heterocycles. The Morgan fingerprint density at radius 1 is 0.976 bits per heavy atom. The summed E-state index contributed by atoms with van der Waals surface area (Å²) < 4.78 is 36.9. The van der Waals surface area contributed by atoms with E-state index in [0.29, 0.717) is 29.0 Å². The minimum Gasteiger partial charge on any atom is -0.481 e. The average Bonchev–Trinajstić information content (AvgIpc) is 2.96. The molecule has 0 unspecified atom stereocenters. The molecule has 1 atom stereocenters. The van der Waals surface area contributed by atoms with Crippen molar-refractivity contribution in [2.75, 3.05) is 26.8 Å². The van der Waals surface area contributed by atoms with Crippen LogP contribution in [0.25, 0.3) is 0 Å². The van der Waals surface area contributed by atoms with Gasteiger partial charge in [0.1, 0.15) is 18.4 Å². The van der Waals surface area contributed by atoms with Crippen LogP contribution in [-0.4, -0.2) is 68.5 Å². The van der Waals surface area contributed by atoms with Crippen molar-refractivity contribution in [2.24, 2.45) is 0 Å². The van der Waals surface area contributed by atoms with Crippen LogP contribution < -0.4 is 10.1 Å². The number of sulfonamides is 1. The number of hydrogen-bond donors (Lipinski definition) is 2. The predicted octanol–water partition coefficient (Wildman–Crippen LogP) is 3.03. The molecule has 0 spiro atoms. The maximum atomic E-state index is 12.7. The number of ether oxygens (including phenoxy) is 2. The van der Waals surface area contributed by atoms with Crippen LogP contribution in [0.5, 0.6) is 5.75 Å². The van der Waals surface area contributed by atoms with Gasteiger partial charge in [0, 0.05) is 19.0 Å². The van der Waals surface area contributed by atoms with Crippen LogP contribution >= 0.6 is 0 Å². The molecule has 0 bridgehead atoms. The number of nitrogens with zero attached hydrogens (tertiary/aromatic N) is 1. The number of esters is 1. The van der Waals surface area contributed by atoms with Crippen LogP contribution in [0.2, 0.25) is 0 Å². The summed E-state index contributed by atoms with van der Waals surface area (Å²) in [4.78, 5) is 36.1. The molecule has 0 fully saturated rings. The second-order valence-electron chi connectivity index (χ2n) is 9.27. The van der Waals surface area contributed by atoms with Crippen LogP contribution in [0.4, 0.5) is 0 Å². The van der Waals surface area contributed by atoms with E-state index in [1.807, 2.05) is 6.92 Å². The van der Waals surface area contributed by atoms with Crippen molar-refractivity contribution >= 4 is 27.9 Å². The van der Waals surface area contributed by atoms with Gasteiger partial charge in [0.05, 0.1) is 23.6 Å². The molecule has 3 rings (SSSR count). The first-order valence-electron chi connectivity index (χ1n) is 13.0. The van der Waals surface area contributed by atoms with Crippen LogP contribution in [-0.2, 0) is 30.8 Å². The highest BCUT2D eigenvalue weighted by molar-refractivity contribution is 7.89. The van der Waals surface area contributed by atoms with Gasteiger partial charge < -0.3 is 19.9 Å². The van der Waals surface area contributed by atoms with Crippen molar-refractivity contribution < 1.29 is 37.4 Å². The van der Waals surface area contributed by atoms with Crippen LogP contribution in [0, 0.1) is 18.8 Å². The molecule has 0 saturated carbocycles. The van der Waals surface area contributed by atoms with E-state index in [1.54, 1.807) is 67.6 Å². The van der Waals surface area contributed by atoms with Gasteiger partial charge >= 0.3 is 11.9 Å². The van der Waals surface area contributed by atoms with Gasteiger partial charge in [-0.05, 0) is 67.9 Å². The van der Waals surface area contributed by atoms with Gasteiger partial charge in [0.25, 0.3) is 0 Å². The number of rotatable bonds is 12. The molecule has 220 valence electrons. The lowest BCUT2D eigenvalue weighted by molar-refractivity contribution is -0.141. The van der Waals surface area contributed by atoms with Crippen molar-refractivity contribution in [3.05, 3.63) is 95.1 Å². The number of amides is 1. The average molecular weight is 593 g/mol. The summed E-state index contributed by atoms with van der Waals surface area (Å²) in [5.74, 6) is 4.00. The summed E-state index contributed by atoms with van der Waals surface area (Å²) in [6, 6.07) is 18.3. The lowest BCUT2D eigenvalue weighted by atomic mass is 10.0. The number of carboxylic acids is 1. The van der Waals surface area contributed by atoms with Gasteiger partial charge in [-0.25, -0.2) is 18.0 Å². The zero-order chi connectivity index (χ0) is 30.7. The Hall–Kier alpha value is -4.66. The predicted molar refractivity (Wildman–Crippen MR) is 155 cm³/mol. The Balaban J connectivity index is 1.52. The number of aliphatic carboxylic acids is 1. The SMILES string of the molecule is CCOC(=O)c1ccc(OCC#Cc2ccc(C[C@H](NC(=O)CN(C)S(=O)(=O)c3ccc(C)cc3)C(=O)O)cc2)cc1. The molecule has 0 aliphatic carbocycles. The third-order valence-electron chi connectivity index (χ3n) is 6.03. The Bertz CT molecular complexity index is 1560. The fourth-order valence-electron chi connectivity index (χ4n) is 3.74. The molecule has 0 radical (unpaired) electrons. The molecule has 3 aromatic carbocycles. The lowest BCUT2D eigenvalue weighted by Crippen LogP contribution is -2.46. The molecule has 42 heavy (non-hydrogen) atoms.